The second kappa shape index (κ2) is 5.24. The van der Waals surface area contributed by atoms with E-state index in [1.165, 1.54) is 6.20 Å². The van der Waals surface area contributed by atoms with Crippen LogP contribution in [0.1, 0.15) is 18.7 Å². The van der Waals surface area contributed by atoms with E-state index >= 15 is 0 Å². The Bertz CT molecular complexity index is 399. The Morgan fingerprint density at radius 3 is 2.80 bits per heavy atom. The molecule has 0 fully saturated rings. The number of imidazole rings is 1. The van der Waals surface area contributed by atoms with Crippen molar-refractivity contribution in [1.29, 1.82) is 0 Å². The first-order valence-electron chi connectivity index (χ1n) is 4.77. The first-order valence-corrected chi connectivity index (χ1v) is 6.26. The lowest BCUT2D eigenvalue weighted by molar-refractivity contribution is 0.574. The van der Waals surface area contributed by atoms with Gasteiger partial charge in [0.05, 0.1) is 6.20 Å². The molecule has 4 N–H and O–H groups in total. The highest BCUT2D eigenvalue weighted by molar-refractivity contribution is 7.89. The highest BCUT2D eigenvalue weighted by atomic mass is 32.2. The smallest absolute Gasteiger partial charge is 0.257 e. The number of aromatic nitrogens is 2. The van der Waals surface area contributed by atoms with Crippen LogP contribution < -0.4 is 10.5 Å². The lowest BCUT2D eigenvalue weighted by atomic mass is 10.3. The monoisotopic (exact) mass is 232 g/mol. The van der Waals surface area contributed by atoms with E-state index in [0.717, 1.165) is 12.8 Å². The van der Waals surface area contributed by atoms with Crippen LogP contribution in [0, 0.1) is 6.92 Å². The van der Waals surface area contributed by atoms with Gasteiger partial charge in [0, 0.05) is 6.54 Å². The van der Waals surface area contributed by atoms with E-state index < -0.39 is 10.0 Å². The van der Waals surface area contributed by atoms with Crippen LogP contribution in [0.4, 0.5) is 0 Å². The summed E-state index contributed by atoms with van der Waals surface area (Å²) in [6, 6.07) is 0. The number of nitrogens with zero attached hydrogens (tertiary/aromatic N) is 1. The van der Waals surface area contributed by atoms with Crippen LogP contribution in [0.2, 0.25) is 0 Å². The lowest BCUT2D eigenvalue weighted by Gasteiger charge is -2.03. The fourth-order valence-corrected chi connectivity index (χ4v) is 2.13. The minimum atomic E-state index is -3.43. The average molecular weight is 232 g/mol. The number of hydrogen-bond acceptors (Lipinski definition) is 4. The van der Waals surface area contributed by atoms with Crippen LogP contribution >= 0.6 is 0 Å². The molecule has 0 radical (unpaired) electrons. The highest BCUT2D eigenvalue weighted by Gasteiger charge is 2.15. The van der Waals surface area contributed by atoms with Crippen LogP contribution in [0.15, 0.2) is 11.2 Å². The van der Waals surface area contributed by atoms with Gasteiger partial charge in [-0.15, -0.1) is 0 Å². The minimum absolute atomic E-state index is 0.104. The maximum atomic E-state index is 11.6. The zero-order valence-corrected chi connectivity index (χ0v) is 9.47. The number of nitrogens with two attached hydrogens (primary N) is 1. The van der Waals surface area contributed by atoms with Crippen LogP contribution in [-0.2, 0) is 10.0 Å². The van der Waals surface area contributed by atoms with Crippen molar-refractivity contribution in [3.8, 4) is 0 Å². The molecule has 0 aliphatic carbocycles. The topological polar surface area (TPSA) is 101 Å². The molecule has 1 rings (SSSR count). The van der Waals surface area contributed by atoms with Crippen molar-refractivity contribution in [2.24, 2.45) is 5.73 Å². The molecule has 0 aliphatic rings. The van der Waals surface area contributed by atoms with Crippen molar-refractivity contribution in [2.75, 3.05) is 13.1 Å². The van der Waals surface area contributed by atoms with Gasteiger partial charge in [-0.1, -0.05) is 0 Å². The van der Waals surface area contributed by atoms with Gasteiger partial charge in [0.25, 0.3) is 10.0 Å². The van der Waals surface area contributed by atoms with E-state index in [-0.39, 0.29) is 5.03 Å². The molecule has 0 atom stereocenters. The Hall–Kier alpha value is -0.920. The molecule has 0 saturated heterocycles. The fraction of sp³-hybridized carbons (Fsp3) is 0.625. The maximum Gasteiger partial charge on any atom is 0.257 e. The molecule has 1 aromatic rings. The molecule has 0 aromatic carbocycles. The predicted octanol–water partition coefficient (Wildman–Crippen LogP) is -0.265. The molecule has 6 nitrogen and oxygen atoms in total. The van der Waals surface area contributed by atoms with Gasteiger partial charge in [-0.3, -0.25) is 0 Å². The molecule has 15 heavy (non-hydrogen) atoms. The van der Waals surface area contributed by atoms with Gasteiger partial charge in [0.1, 0.15) is 5.82 Å². The van der Waals surface area contributed by atoms with Crippen molar-refractivity contribution in [3.63, 3.8) is 0 Å². The minimum Gasteiger partial charge on any atom is -0.332 e. The SMILES string of the molecule is Cc1ncc(S(=O)(=O)NCCCCN)[nH]1. The number of rotatable bonds is 6. The summed E-state index contributed by atoms with van der Waals surface area (Å²) in [6.45, 7) is 2.68. The summed E-state index contributed by atoms with van der Waals surface area (Å²) in [4.78, 5) is 6.50. The largest absolute Gasteiger partial charge is 0.332 e. The third-order valence-corrected chi connectivity index (χ3v) is 3.26. The Kier molecular flexibility index (Phi) is 4.25. The molecule has 0 saturated carbocycles. The quantitative estimate of drug-likeness (QED) is 0.588. The standard InChI is InChI=1S/C8H16N4O2S/c1-7-10-6-8(12-7)15(13,14)11-5-3-2-4-9/h6,11H,2-5,9H2,1H3,(H,10,12). The number of aromatic amines is 1. The number of sulfonamides is 1. The molecular weight excluding hydrogens is 216 g/mol. The van der Waals surface area contributed by atoms with Crippen LogP contribution in [0.5, 0.6) is 0 Å². The van der Waals surface area contributed by atoms with Gasteiger partial charge in [-0.05, 0) is 26.3 Å². The first-order chi connectivity index (χ1) is 7.06. The zero-order valence-electron chi connectivity index (χ0n) is 8.66. The molecule has 1 heterocycles. The average Bonchev–Trinajstić information content (AvgIpc) is 2.60. The van der Waals surface area contributed by atoms with Gasteiger partial charge in [-0.25, -0.2) is 18.1 Å². The van der Waals surface area contributed by atoms with Crippen LogP contribution in [-0.4, -0.2) is 31.5 Å². The van der Waals surface area contributed by atoms with E-state index in [1.807, 2.05) is 0 Å². The molecule has 0 amide bonds. The number of unbranched alkanes of at least 4 members (excludes halogenated alkanes) is 1. The number of nitrogens with one attached hydrogen (secondary N) is 2. The normalized spacial score (nSPS) is 11.9. The zero-order chi connectivity index (χ0) is 11.3. The first kappa shape index (κ1) is 12.2. The summed E-state index contributed by atoms with van der Waals surface area (Å²) in [7, 11) is -3.43. The van der Waals surface area contributed by atoms with Gasteiger partial charge in [0.2, 0.25) is 0 Å². The Morgan fingerprint density at radius 2 is 2.27 bits per heavy atom. The summed E-state index contributed by atoms with van der Waals surface area (Å²) < 4.78 is 25.7. The van der Waals surface area contributed by atoms with Gasteiger partial charge >= 0.3 is 0 Å². The summed E-state index contributed by atoms with van der Waals surface area (Å²) in [5.41, 5.74) is 5.30. The Labute approximate surface area is 89.3 Å². The van der Waals surface area contributed by atoms with Gasteiger partial charge in [-0.2, -0.15) is 0 Å². The third kappa shape index (κ3) is 3.61. The van der Waals surface area contributed by atoms with E-state index in [1.54, 1.807) is 6.92 Å². The molecule has 7 heteroatoms. The Morgan fingerprint density at radius 1 is 1.53 bits per heavy atom. The molecule has 0 spiro atoms. The van der Waals surface area contributed by atoms with Crippen molar-refractivity contribution in [1.82, 2.24) is 14.7 Å². The van der Waals surface area contributed by atoms with Crippen molar-refractivity contribution < 1.29 is 8.42 Å². The summed E-state index contributed by atoms with van der Waals surface area (Å²) in [6.07, 6.45) is 2.86. The van der Waals surface area contributed by atoms with Crippen molar-refractivity contribution >= 4 is 10.0 Å². The predicted molar refractivity (Wildman–Crippen MR) is 56.8 cm³/mol. The van der Waals surface area contributed by atoms with Crippen LogP contribution in [0.25, 0.3) is 0 Å². The number of H-pyrrole nitrogens is 1. The highest BCUT2D eigenvalue weighted by Crippen LogP contribution is 2.04. The lowest BCUT2D eigenvalue weighted by Crippen LogP contribution is -2.25. The summed E-state index contributed by atoms with van der Waals surface area (Å²) in [5, 5.41) is 0.104. The second-order valence-electron chi connectivity index (χ2n) is 3.23. The maximum absolute atomic E-state index is 11.6. The fourth-order valence-electron chi connectivity index (χ4n) is 1.09. The number of aryl methyl sites for hydroxylation is 1. The van der Waals surface area contributed by atoms with E-state index in [9.17, 15) is 8.42 Å². The number of hydrogen-bond donors (Lipinski definition) is 3. The summed E-state index contributed by atoms with van der Waals surface area (Å²) >= 11 is 0. The van der Waals surface area contributed by atoms with E-state index in [4.69, 9.17) is 5.73 Å². The molecule has 0 unspecified atom stereocenters. The molecule has 1 aromatic heterocycles. The molecular formula is C8H16N4O2S. The van der Waals surface area contributed by atoms with E-state index in [2.05, 4.69) is 14.7 Å². The van der Waals surface area contributed by atoms with Crippen molar-refractivity contribution in [2.45, 2.75) is 24.8 Å². The van der Waals surface area contributed by atoms with Crippen molar-refractivity contribution in [3.05, 3.63) is 12.0 Å². The summed E-state index contributed by atoms with van der Waals surface area (Å²) in [5.74, 6) is 0.581. The van der Waals surface area contributed by atoms with Gasteiger partial charge < -0.3 is 10.7 Å². The molecule has 0 bridgehead atoms. The Balaban J connectivity index is 2.53. The molecule has 0 aliphatic heterocycles. The molecule has 86 valence electrons. The van der Waals surface area contributed by atoms with E-state index in [0.29, 0.717) is 18.9 Å². The second-order valence-corrected chi connectivity index (χ2v) is 4.96. The third-order valence-electron chi connectivity index (χ3n) is 1.89. The van der Waals surface area contributed by atoms with Crippen LogP contribution in [0.3, 0.4) is 0 Å². The van der Waals surface area contributed by atoms with Gasteiger partial charge in [0.15, 0.2) is 5.03 Å².